The van der Waals surface area contributed by atoms with Gasteiger partial charge in [0.25, 0.3) is 0 Å². The Bertz CT molecular complexity index is 1380. The second-order valence-corrected chi connectivity index (χ2v) is 9.20. The van der Waals surface area contributed by atoms with Gasteiger partial charge in [0.2, 0.25) is 29.0 Å². The summed E-state index contributed by atoms with van der Waals surface area (Å²) in [5, 5.41) is 0.404. The molecule has 34 heavy (non-hydrogen) atoms. The molecule has 3 aliphatic rings. The van der Waals surface area contributed by atoms with Gasteiger partial charge in [0.15, 0.2) is 0 Å². The maximum Gasteiger partial charge on any atom is 0.241 e. The van der Waals surface area contributed by atoms with Crippen LogP contribution < -0.4 is 4.90 Å². The summed E-state index contributed by atoms with van der Waals surface area (Å²) in [7, 11) is 0. The van der Waals surface area contributed by atoms with Crippen molar-refractivity contribution in [1.29, 1.82) is 0 Å². The van der Waals surface area contributed by atoms with E-state index in [1.807, 2.05) is 6.07 Å². The highest BCUT2D eigenvalue weighted by Crippen LogP contribution is 2.57. The smallest absolute Gasteiger partial charge is 0.241 e. The van der Waals surface area contributed by atoms with E-state index >= 15 is 0 Å². The van der Waals surface area contributed by atoms with Crippen molar-refractivity contribution < 1.29 is 23.9 Å². The van der Waals surface area contributed by atoms with E-state index in [2.05, 4.69) is 0 Å². The van der Waals surface area contributed by atoms with Crippen LogP contribution in [-0.4, -0.2) is 29.0 Å². The van der Waals surface area contributed by atoms with Crippen LogP contribution in [0.4, 0.5) is 5.69 Å². The van der Waals surface area contributed by atoms with E-state index in [1.54, 1.807) is 73.7 Å². The number of carbonyl (C=O) groups excluding carboxylic acids is 4. The minimum Gasteiger partial charge on any atom is -0.349 e. The van der Waals surface area contributed by atoms with Crippen molar-refractivity contribution in [3.63, 3.8) is 0 Å². The van der Waals surface area contributed by atoms with Gasteiger partial charge in [-0.2, -0.15) is 0 Å². The first-order valence-electron chi connectivity index (χ1n) is 10.9. The van der Waals surface area contributed by atoms with Gasteiger partial charge in [-0.3, -0.25) is 19.2 Å². The zero-order valence-electron chi connectivity index (χ0n) is 18.0. The molecule has 6 rings (SSSR count). The van der Waals surface area contributed by atoms with Crippen LogP contribution >= 0.6 is 11.6 Å². The number of halogens is 1. The first-order valence-corrected chi connectivity index (χ1v) is 11.3. The maximum atomic E-state index is 13.9. The summed E-state index contributed by atoms with van der Waals surface area (Å²) in [6, 6.07) is 20.3. The molecule has 3 atom stereocenters. The van der Waals surface area contributed by atoms with Gasteiger partial charge in [-0.15, -0.1) is 0 Å². The molecule has 2 heterocycles. The summed E-state index contributed by atoms with van der Waals surface area (Å²) in [6.45, 7) is 1.72. The van der Waals surface area contributed by atoms with Crippen LogP contribution in [-0.2, 0) is 14.3 Å². The molecule has 168 valence electrons. The van der Waals surface area contributed by atoms with Crippen LogP contribution in [0.2, 0.25) is 5.02 Å². The average Bonchev–Trinajstić information content (AvgIpc) is 3.42. The van der Waals surface area contributed by atoms with Gasteiger partial charge in [-0.25, -0.2) is 4.90 Å². The third-order valence-corrected chi connectivity index (χ3v) is 7.54. The fourth-order valence-electron chi connectivity index (χ4n) is 5.54. The van der Waals surface area contributed by atoms with E-state index < -0.39 is 46.9 Å². The Morgan fingerprint density at radius 1 is 0.794 bits per heavy atom. The molecule has 0 N–H and O–H groups in total. The second-order valence-electron chi connectivity index (χ2n) is 8.79. The average molecular weight is 472 g/mol. The summed E-state index contributed by atoms with van der Waals surface area (Å²) >= 11 is 6.28. The molecular formula is C27H18ClNO5. The summed E-state index contributed by atoms with van der Waals surface area (Å²) in [4.78, 5) is 56.3. The number of ether oxygens (including phenoxy) is 1. The Morgan fingerprint density at radius 3 is 2.06 bits per heavy atom. The lowest BCUT2D eigenvalue weighted by Crippen LogP contribution is -2.51. The van der Waals surface area contributed by atoms with Crippen LogP contribution in [0.1, 0.15) is 37.9 Å². The molecular weight excluding hydrogens is 454 g/mol. The van der Waals surface area contributed by atoms with Gasteiger partial charge in [-0.05, 0) is 30.2 Å². The van der Waals surface area contributed by atoms with Gasteiger partial charge in [0, 0.05) is 16.1 Å². The summed E-state index contributed by atoms with van der Waals surface area (Å²) in [5.41, 5.74) is -0.145. The fourth-order valence-corrected chi connectivity index (χ4v) is 5.71. The van der Waals surface area contributed by atoms with Crippen molar-refractivity contribution in [3.05, 3.63) is 100 Å². The van der Waals surface area contributed by atoms with Crippen LogP contribution in [0.25, 0.3) is 0 Å². The number of anilines is 1. The van der Waals surface area contributed by atoms with Crippen molar-refractivity contribution in [3.8, 4) is 0 Å². The van der Waals surface area contributed by atoms with E-state index in [0.717, 1.165) is 4.90 Å². The first kappa shape index (κ1) is 21.0. The number of nitrogens with zero attached hydrogens (tertiary/aromatic N) is 1. The van der Waals surface area contributed by atoms with Gasteiger partial charge in [0.05, 0.1) is 23.6 Å². The Labute approximate surface area is 200 Å². The highest BCUT2D eigenvalue weighted by molar-refractivity contribution is 6.37. The monoisotopic (exact) mass is 471 g/mol. The van der Waals surface area contributed by atoms with Gasteiger partial charge >= 0.3 is 0 Å². The largest absolute Gasteiger partial charge is 0.349 e. The van der Waals surface area contributed by atoms with Crippen LogP contribution in [0.5, 0.6) is 0 Å². The molecule has 0 unspecified atom stereocenters. The standard InChI is InChI=1S/C27H18ClNO5/c1-14-18(28)12-7-13-19(14)29-25(32)20-21(26(29)33)27(34-22(20)15-8-3-2-4-9-15)23(30)16-10-5-6-11-17(16)24(27)31/h2-13,20-22H,1H3/t20-,21+,22+/m0/s1. The first-order chi connectivity index (χ1) is 16.4. The quantitative estimate of drug-likeness (QED) is 0.410. The zero-order valence-corrected chi connectivity index (χ0v) is 18.8. The minimum absolute atomic E-state index is 0.206. The molecule has 6 nitrogen and oxygen atoms in total. The van der Waals surface area contributed by atoms with Crippen molar-refractivity contribution in [1.82, 2.24) is 0 Å². The molecule has 1 aliphatic carbocycles. The Balaban J connectivity index is 1.57. The molecule has 0 aromatic heterocycles. The van der Waals surface area contributed by atoms with Gasteiger partial charge in [0.1, 0.15) is 0 Å². The van der Waals surface area contributed by atoms with Crippen molar-refractivity contribution in [2.24, 2.45) is 11.8 Å². The van der Waals surface area contributed by atoms with Gasteiger partial charge in [-0.1, -0.05) is 72.3 Å². The van der Waals surface area contributed by atoms with Crippen molar-refractivity contribution in [2.45, 2.75) is 18.6 Å². The van der Waals surface area contributed by atoms with Crippen LogP contribution in [0, 0.1) is 18.8 Å². The summed E-state index contributed by atoms with van der Waals surface area (Å²) in [6.07, 6.45) is -0.936. The third-order valence-electron chi connectivity index (χ3n) is 7.13. The highest BCUT2D eigenvalue weighted by atomic mass is 35.5. The van der Waals surface area contributed by atoms with Crippen LogP contribution in [0.15, 0.2) is 72.8 Å². The number of ketones is 2. The third kappa shape index (κ3) is 2.50. The van der Waals surface area contributed by atoms with E-state index in [0.29, 0.717) is 21.8 Å². The normalized spacial score (nSPS) is 24.8. The second kappa shape index (κ2) is 7.19. The number of amides is 2. The fraction of sp³-hybridized carbons (Fsp3) is 0.185. The van der Waals surface area contributed by atoms with E-state index in [1.165, 1.54) is 0 Å². The Kier molecular flexibility index (Phi) is 4.43. The number of rotatable bonds is 2. The van der Waals surface area contributed by atoms with E-state index in [9.17, 15) is 19.2 Å². The molecule has 2 fully saturated rings. The molecule has 2 amide bonds. The van der Waals surface area contributed by atoms with E-state index in [4.69, 9.17) is 16.3 Å². The molecule has 1 spiro atoms. The molecule has 0 radical (unpaired) electrons. The molecule has 2 saturated heterocycles. The molecule has 0 bridgehead atoms. The lowest BCUT2D eigenvalue weighted by Gasteiger charge is -2.27. The minimum atomic E-state index is -2.08. The number of Topliss-reactive ketones (excluding diaryl/α,β-unsaturated/α-hetero) is 2. The van der Waals surface area contributed by atoms with Crippen molar-refractivity contribution >= 4 is 40.7 Å². The topological polar surface area (TPSA) is 80.8 Å². The molecule has 2 aliphatic heterocycles. The molecule has 3 aromatic carbocycles. The maximum absolute atomic E-state index is 13.9. The number of carbonyl (C=O) groups is 4. The summed E-state index contributed by atoms with van der Waals surface area (Å²) < 4.78 is 6.26. The number of benzene rings is 3. The molecule has 3 aromatic rings. The van der Waals surface area contributed by atoms with Crippen LogP contribution in [0.3, 0.4) is 0 Å². The number of hydrogen-bond donors (Lipinski definition) is 0. The predicted molar refractivity (Wildman–Crippen MR) is 124 cm³/mol. The molecule has 7 heteroatoms. The number of hydrogen-bond acceptors (Lipinski definition) is 5. The SMILES string of the molecule is Cc1c(Cl)cccc1N1C(=O)[C@@H]2[C@@H](c3ccccc3)OC3(C(=O)c4ccccc4C3=O)[C@H]2C1=O. The van der Waals surface area contributed by atoms with Gasteiger partial charge < -0.3 is 4.74 Å². The number of imide groups is 1. The Hall–Kier alpha value is -3.61. The molecule has 0 saturated carbocycles. The van der Waals surface area contributed by atoms with E-state index in [-0.39, 0.29) is 11.1 Å². The lowest BCUT2D eigenvalue weighted by molar-refractivity contribution is -0.127. The van der Waals surface area contributed by atoms with Crippen molar-refractivity contribution in [2.75, 3.05) is 4.90 Å². The Morgan fingerprint density at radius 2 is 1.41 bits per heavy atom. The predicted octanol–water partition coefficient (Wildman–Crippen LogP) is 4.34. The highest BCUT2D eigenvalue weighted by Gasteiger charge is 2.74. The summed E-state index contributed by atoms with van der Waals surface area (Å²) in [5.74, 6) is -4.61. The number of fused-ring (bicyclic) bond motifs is 3. The zero-order chi connectivity index (χ0) is 23.8. The lowest BCUT2D eigenvalue weighted by atomic mass is 9.77.